The van der Waals surface area contributed by atoms with Crippen LogP contribution in [0.15, 0.2) is 47.2 Å². The van der Waals surface area contributed by atoms with Gasteiger partial charge in [0.1, 0.15) is 10.7 Å². The number of aromatic nitrogens is 1. The molecule has 1 fully saturated rings. The van der Waals surface area contributed by atoms with Crippen molar-refractivity contribution in [1.29, 1.82) is 0 Å². The third-order valence-electron chi connectivity index (χ3n) is 5.13. The van der Waals surface area contributed by atoms with Crippen LogP contribution in [0.1, 0.15) is 45.5 Å². The van der Waals surface area contributed by atoms with Gasteiger partial charge >= 0.3 is 0 Å². The second-order valence-electron chi connectivity index (χ2n) is 7.38. The molecular weight excluding hydrogens is 402 g/mol. The van der Waals surface area contributed by atoms with Crippen LogP contribution in [0.3, 0.4) is 0 Å². The van der Waals surface area contributed by atoms with Gasteiger partial charge in [0.2, 0.25) is 0 Å². The summed E-state index contributed by atoms with van der Waals surface area (Å²) in [5.41, 5.74) is 2.80. The van der Waals surface area contributed by atoms with Crippen LogP contribution in [0.5, 0.6) is 0 Å². The second kappa shape index (κ2) is 8.47. The van der Waals surface area contributed by atoms with Crippen molar-refractivity contribution in [1.82, 2.24) is 14.8 Å². The Bertz CT molecular complexity index is 986. The monoisotopic (exact) mass is 425 g/mol. The van der Waals surface area contributed by atoms with Gasteiger partial charge in [-0.2, -0.15) is 0 Å². The van der Waals surface area contributed by atoms with Crippen molar-refractivity contribution in [2.45, 2.75) is 19.8 Å². The molecule has 0 aliphatic carbocycles. The molecule has 3 heterocycles. The van der Waals surface area contributed by atoms with Crippen molar-refractivity contribution < 1.29 is 9.59 Å². The molecule has 1 aliphatic heterocycles. The molecule has 0 bridgehead atoms. The van der Waals surface area contributed by atoms with Gasteiger partial charge in [-0.1, -0.05) is 44.2 Å². The summed E-state index contributed by atoms with van der Waals surface area (Å²) in [5.74, 6) is 0.477. The van der Waals surface area contributed by atoms with Gasteiger partial charge in [-0.05, 0) is 22.9 Å². The lowest BCUT2D eigenvalue weighted by atomic mass is 10.0. The highest BCUT2D eigenvalue weighted by atomic mass is 32.1. The fraction of sp³-hybridized carbons (Fsp3) is 0.318. The number of amides is 2. The van der Waals surface area contributed by atoms with Gasteiger partial charge in [-0.3, -0.25) is 9.59 Å². The van der Waals surface area contributed by atoms with Crippen LogP contribution in [0, 0.1) is 0 Å². The lowest BCUT2D eigenvalue weighted by molar-refractivity contribution is 0.0535. The number of hydrogen-bond donors (Lipinski definition) is 0. The van der Waals surface area contributed by atoms with Gasteiger partial charge in [0.25, 0.3) is 11.8 Å². The Hall–Kier alpha value is -2.51. The minimum Gasteiger partial charge on any atom is -0.334 e. The first kappa shape index (κ1) is 19.8. The predicted octanol–water partition coefficient (Wildman–Crippen LogP) is 4.59. The van der Waals surface area contributed by atoms with Crippen molar-refractivity contribution in [2.24, 2.45) is 0 Å². The quantitative estimate of drug-likeness (QED) is 0.614. The average Bonchev–Trinajstić information content (AvgIpc) is 3.45. The van der Waals surface area contributed by atoms with Crippen LogP contribution < -0.4 is 0 Å². The molecule has 7 heteroatoms. The molecule has 0 saturated carbocycles. The minimum absolute atomic E-state index is 0.0490. The molecule has 1 aromatic carbocycles. The van der Waals surface area contributed by atoms with Crippen molar-refractivity contribution in [3.63, 3.8) is 0 Å². The second-order valence-corrected chi connectivity index (χ2v) is 9.18. The van der Waals surface area contributed by atoms with Crippen LogP contribution in [-0.2, 0) is 0 Å². The first-order chi connectivity index (χ1) is 14.0. The van der Waals surface area contributed by atoms with Gasteiger partial charge in [-0.25, -0.2) is 4.98 Å². The van der Waals surface area contributed by atoms with Gasteiger partial charge in [0, 0.05) is 37.1 Å². The van der Waals surface area contributed by atoms with Gasteiger partial charge < -0.3 is 9.80 Å². The normalized spacial score (nSPS) is 14.4. The molecule has 5 nitrogen and oxygen atoms in total. The maximum Gasteiger partial charge on any atom is 0.273 e. The van der Waals surface area contributed by atoms with E-state index >= 15 is 0 Å². The van der Waals surface area contributed by atoms with E-state index in [9.17, 15) is 9.59 Å². The molecule has 1 saturated heterocycles. The van der Waals surface area contributed by atoms with Gasteiger partial charge in [-0.15, -0.1) is 22.7 Å². The third-order valence-corrected chi connectivity index (χ3v) is 6.88. The number of thiazole rings is 1. The number of thiophene rings is 1. The van der Waals surface area contributed by atoms with E-state index in [2.05, 4.69) is 43.1 Å². The molecule has 0 radical (unpaired) electrons. The largest absolute Gasteiger partial charge is 0.334 e. The van der Waals surface area contributed by atoms with E-state index < -0.39 is 0 Å². The van der Waals surface area contributed by atoms with Crippen molar-refractivity contribution in [3.05, 3.63) is 63.3 Å². The smallest absolute Gasteiger partial charge is 0.273 e. The summed E-state index contributed by atoms with van der Waals surface area (Å²) in [6.07, 6.45) is 0. The summed E-state index contributed by atoms with van der Waals surface area (Å²) in [7, 11) is 0. The van der Waals surface area contributed by atoms with Crippen LogP contribution in [-0.4, -0.2) is 52.8 Å². The maximum atomic E-state index is 12.9. The number of rotatable bonds is 4. The third kappa shape index (κ3) is 4.26. The number of hydrogen-bond acceptors (Lipinski definition) is 5. The van der Waals surface area contributed by atoms with E-state index in [1.54, 1.807) is 4.90 Å². The van der Waals surface area contributed by atoms with Crippen LogP contribution in [0.2, 0.25) is 0 Å². The average molecular weight is 426 g/mol. The van der Waals surface area contributed by atoms with Crippen LogP contribution in [0.4, 0.5) is 0 Å². The topological polar surface area (TPSA) is 53.5 Å². The van der Waals surface area contributed by atoms with Crippen LogP contribution >= 0.6 is 22.7 Å². The molecule has 150 valence electrons. The number of piperazine rings is 1. The Labute approximate surface area is 178 Å². The molecule has 4 rings (SSSR count). The Morgan fingerprint density at radius 1 is 0.931 bits per heavy atom. The predicted molar refractivity (Wildman–Crippen MR) is 118 cm³/mol. The molecule has 0 spiro atoms. The number of benzene rings is 1. The van der Waals surface area contributed by atoms with Gasteiger partial charge in [0.05, 0.1) is 4.88 Å². The molecular formula is C22H23N3O2S2. The summed E-state index contributed by atoms with van der Waals surface area (Å²) >= 11 is 2.94. The van der Waals surface area contributed by atoms with Gasteiger partial charge in [0.15, 0.2) is 0 Å². The lowest BCUT2D eigenvalue weighted by Gasteiger charge is -2.34. The first-order valence-electron chi connectivity index (χ1n) is 9.71. The molecule has 29 heavy (non-hydrogen) atoms. The highest BCUT2D eigenvalue weighted by Crippen LogP contribution is 2.26. The zero-order chi connectivity index (χ0) is 20.4. The maximum absolute atomic E-state index is 12.9. The Morgan fingerprint density at radius 3 is 2.17 bits per heavy atom. The highest BCUT2D eigenvalue weighted by Gasteiger charge is 2.27. The summed E-state index contributed by atoms with van der Waals surface area (Å²) in [5, 5.41) is 4.59. The Balaban J connectivity index is 1.39. The fourth-order valence-electron chi connectivity index (χ4n) is 3.35. The first-order valence-corrected chi connectivity index (χ1v) is 11.5. The Kier molecular flexibility index (Phi) is 5.78. The zero-order valence-corrected chi connectivity index (χ0v) is 18.1. The minimum atomic E-state index is -0.0606. The molecule has 0 unspecified atom stereocenters. The van der Waals surface area contributed by atoms with Crippen molar-refractivity contribution in [3.8, 4) is 10.6 Å². The number of nitrogens with zero attached hydrogens (tertiary/aromatic N) is 3. The van der Waals surface area contributed by atoms with E-state index in [4.69, 9.17) is 0 Å². The highest BCUT2D eigenvalue weighted by molar-refractivity contribution is 7.13. The SMILES string of the molecule is CC(C)c1ccc(-c2nc(C(=O)N3CCN(C(=O)c4cccs4)CC3)cs2)cc1. The lowest BCUT2D eigenvalue weighted by Crippen LogP contribution is -2.50. The summed E-state index contributed by atoms with van der Waals surface area (Å²) < 4.78 is 0. The summed E-state index contributed by atoms with van der Waals surface area (Å²) in [6, 6.07) is 12.1. The van der Waals surface area contributed by atoms with E-state index in [-0.39, 0.29) is 11.8 Å². The molecule has 2 aromatic heterocycles. The van der Waals surface area contributed by atoms with E-state index in [0.29, 0.717) is 37.8 Å². The molecule has 0 atom stereocenters. The van der Waals surface area contributed by atoms with E-state index in [1.807, 2.05) is 27.8 Å². The van der Waals surface area contributed by atoms with Crippen molar-refractivity contribution >= 4 is 34.5 Å². The standard InChI is InChI=1S/C22H23N3O2S2/c1-15(2)16-5-7-17(8-6-16)20-23-18(14-29-20)21(26)24-9-11-25(12-10-24)22(27)19-4-3-13-28-19/h3-8,13-15H,9-12H2,1-2H3. The number of carbonyl (C=O) groups is 2. The van der Waals surface area contributed by atoms with E-state index in [0.717, 1.165) is 15.4 Å². The molecule has 3 aromatic rings. The van der Waals surface area contributed by atoms with Crippen LogP contribution in [0.25, 0.3) is 10.6 Å². The Morgan fingerprint density at radius 2 is 1.59 bits per heavy atom. The molecule has 0 N–H and O–H groups in total. The van der Waals surface area contributed by atoms with Crippen molar-refractivity contribution in [2.75, 3.05) is 26.2 Å². The molecule has 1 aliphatic rings. The van der Waals surface area contributed by atoms with E-state index in [1.165, 1.54) is 28.2 Å². The summed E-state index contributed by atoms with van der Waals surface area (Å²) in [6.45, 7) is 6.51. The fourth-order valence-corrected chi connectivity index (χ4v) is 4.84. The molecule has 2 amide bonds. The number of carbonyl (C=O) groups excluding carboxylic acids is 2. The zero-order valence-electron chi connectivity index (χ0n) is 16.5. The summed E-state index contributed by atoms with van der Waals surface area (Å²) in [4.78, 5) is 34.2.